The van der Waals surface area contributed by atoms with Crippen LogP contribution in [0.2, 0.25) is 0 Å². The van der Waals surface area contributed by atoms with Crippen LogP contribution in [0.15, 0.2) is 12.2 Å². The highest BCUT2D eigenvalue weighted by Crippen LogP contribution is 2.59. The predicted octanol–water partition coefficient (Wildman–Crippen LogP) is 4.01. The summed E-state index contributed by atoms with van der Waals surface area (Å²) in [5.74, 6) is 0.619. The molecule has 0 aromatic carbocycles. The molecule has 4 nitrogen and oxygen atoms in total. The molecular weight excluding hydrogens is 275 g/mol. The van der Waals surface area contributed by atoms with E-state index in [0.717, 1.165) is 6.42 Å². The maximum atomic E-state index is 12.9. The molecule has 0 aliphatic heterocycles. The standard InChI is InChI=1S/C15H25O4P/c1-9(2)18-20(17,19-10(3)4)15(16)14-11(5)12-6-7-13(14)8-12/h6-7,9-14H,8H2,1-5H3/t11-,12+,13-,14+/m1/s1. The Morgan fingerprint density at radius 1 is 1.10 bits per heavy atom. The highest BCUT2D eigenvalue weighted by molar-refractivity contribution is 7.71. The van der Waals surface area contributed by atoms with Gasteiger partial charge in [-0.25, -0.2) is 0 Å². The summed E-state index contributed by atoms with van der Waals surface area (Å²) in [5, 5.41) is 0. The van der Waals surface area contributed by atoms with Crippen molar-refractivity contribution in [3.8, 4) is 0 Å². The minimum atomic E-state index is -3.71. The summed E-state index contributed by atoms with van der Waals surface area (Å²) in [7, 11) is -3.71. The Hall–Kier alpha value is -0.440. The lowest BCUT2D eigenvalue weighted by atomic mass is 9.85. The van der Waals surface area contributed by atoms with Gasteiger partial charge in [-0.3, -0.25) is 9.36 Å². The first-order chi connectivity index (χ1) is 9.24. The number of carbonyl (C=O) groups excluding carboxylic acids is 1. The SMILES string of the molecule is CC(C)OP(=O)(OC(C)C)C(=O)[C@H]1[C@H](C)[C@H]2C=C[C@@H]1C2. The largest absolute Gasteiger partial charge is 0.397 e. The van der Waals surface area contributed by atoms with E-state index >= 15 is 0 Å². The Balaban J connectivity index is 2.23. The third-order valence-corrected chi connectivity index (χ3v) is 6.34. The van der Waals surface area contributed by atoms with Crippen LogP contribution in [0, 0.1) is 23.7 Å². The maximum absolute atomic E-state index is 12.9. The van der Waals surface area contributed by atoms with Crippen molar-refractivity contribution in [2.45, 2.75) is 53.2 Å². The molecule has 0 aromatic rings. The quantitative estimate of drug-likeness (QED) is 0.549. The van der Waals surface area contributed by atoms with E-state index in [9.17, 15) is 9.36 Å². The molecule has 0 radical (unpaired) electrons. The van der Waals surface area contributed by atoms with E-state index in [0.29, 0.717) is 5.92 Å². The molecule has 1 fully saturated rings. The molecule has 4 atom stereocenters. The number of hydrogen-bond acceptors (Lipinski definition) is 4. The summed E-state index contributed by atoms with van der Waals surface area (Å²) in [6, 6.07) is 0. The Morgan fingerprint density at radius 2 is 1.60 bits per heavy atom. The fourth-order valence-electron chi connectivity index (χ4n) is 3.34. The molecule has 2 bridgehead atoms. The maximum Gasteiger partial charge on any atom is 0.397 e. The first-order valence-electron chi connectivity index (χ1n) is 7.44. The zero-order valence-corrected chi connectivity index (χ0v) is 13.8. The Labute approximate surface area is 121 Å². The van der Waals surface area contributed by atoms with Crippen LogP contribution >= 0.6 is 7.60 Å². The van der Waals surface area contributed by atoms with Crippen LogP contribution in [0.3, 0.4) is 0 Å². The molecule has 0 spiro atoms. The second kappa shape index (κ2) is 5.75. The van der Waals surface area contributed by atoms with Gasteiger partial charge in [0, 0.05) is 5.92 Å². The first-order valence-corrected chi connectivity index (χ1v) is 8.98. The average molecular weight is 300 g/mol. The topological polar surface area (TPSA) is 52.6 Å². The van der Waals surface area contributed by atoms with E-state index < -0.39 is 7.60 Å². The van der Waals surface area contributed by atoms with Crippen LogP contribution in [-0.2, 0) is 18.4 Å². The summed E-state index contributed by atoms with van der Waals surface area (Å²) in [6.45, 7) is 9.15. The molecule has 5 heteroatoms. The van der Waals surface area contributed by atoms with Crippen LogP contribution in [0.5, 0.6) is 0 Å². The number of carbonyl (C=O) groups is 1. The van der Waals surface area contributed by atoms with Crippen molar-refractivity contribution in [1.29, 1.82) is 0 Å². The second-order valence-corrected chi connectivity index (χ2v) is 8.33. The Kier molecular flexibility index (Phi) is 4.58. The molecule has 0 amide bonds. The Bertz CT molecular complexity index is 441. The minimum absolute atomic E-state index is 0.197. The molecule has 2 aliphatic rings. The van der Waals surface area contributed by atoms with Gasteiger partial charge >= 0.3 is 7.60 Å². The van der Waals surface area contributed by atoms with Gasteiger partial charge < -0.3 is 9.05 Å². The monoisotopic (exact) mass is 300 g/mol. The number of rotatable bonds is 6. The van der Waals surface area contributed by atoms with Gasteiger partial charge in [0.25, 0.3) is 0 Å². The van der Waals surface area contributed by atoms with Crippen LogP contribution in [0.25, 0.3) is 0 Å². The lowest BCUT2D eigenvalue weighted by molar-refractivity contribution is -0.119. The van der Waals surface area contributed by atoms with Gasteiger partial charge in [-0.05, 0) is 51.9 Å². The highest BCUT2D eigenvalue weighted by Gasteiger charge is 2.52. The van der Waals surface area contributed by atoms with Gasteiger partial charge in [0.05, 0.1) is 12.2 Å². The van der Waals surface area contributed by atoms with Crippen molar-refractivity contribution in [1.82, 2.24) is 0 Å². The second-order valence-electron chi connectivity index (χ2n) is 6.48. The molecule has 2 rings (SSSR count). The molecule has 0 N–H and O–H groups in total. The minimum Gasteiger partial charge on any atom is -0.300 e. The highest BCUT2D eigenvalue weighted by atomic mass is 31.2. The van der Waals surface area contributed by atoms with Gasteiger partial charge in [0.15, 0.2) is 0 Å². The van der Waals surface area contributed by atoms with Gasteiger partial charge in [-0.15, -0.1) is 0 Å². The first kappa shape index (κ1) is 15.9. The molecule has 0 aromatic heterocycles. The Morgan fingerprint density at radius 3 is 2.00 bits per heavy atom. The van der Waals surface area contributed by atoms with Crippen molar-refractivity contribution in [3.05, 3.63) is 12.2 Å². The smallest absolute Gasteiger partial charge is 0.300 e. The normalized spacial score (nSPS) is 32.5. The zero-order chi connectivity index (χ0) is 15.1. The number of allylic oxidation sites excluding steroid dienone is 2. The van der Waals surface area contributed by atoms with Crippen LogP contribution < -0.4 is 0 Å². The fourth-order valence-corrected chi connectivity index (χ4v) is 5.50. The van der Waals surface area contributed by atoms with Gasteiger partial charge in [0.1, 0.15) is 0 Å². The van der Waals surface area contributed by atoms with Gasteiger partial charge in [-0.2, -0.15) is 0 Å². The van der Waals surface area contributed by atoms with Crippen LogP contribution in [0.4, 0.5) is 0 Å². The van der Waals surface area contributed by atoms with E-state index in [-0.39, 0.29) is 35.5 Å². The van der Waals surface area contributed by atoms with Crippen molar-refractivity contribution >= 4 is 13.1 Å². The third-order valence-electron chi connectivity index (χ3n) is 4.11. The van der Waals surface area contributed by atoms with E-state index in [1.54, 1.807) is 27.7 Å². The molecule has 1 saturated carbocycles. The van der Waals surface area contributed by atoms with Crippen molar-refractivity contribution in [2.24, 2.45) is 23.7 Å². The molecule has 20 heavy (non-hydrogen) atoms. The predicted molar refractivity (Wildman–Crippen MR) is 78.4 cm³/mol. The van der Waals surface area contributed by atoms with Gasteiger partial charge in [-0.1, -0.05) is 19.1 Å². The summed E-state index contributed by atoms with van der Waals surface area (Å²) < 4.78 is 23.8. The number of hydrogen-bond donors (Lipinski definition) is 0. The molecular formula is C15H25O4P. The lowest BCUT2D eigenvalue weighted by Gasteiger charge is -2.28. The average Bonchev–Trinajstić information content (AvgIpc) is 2.86. The summed E-state index contributed by atoms with van der Waals surface area (Å²) in [6.07, 6.45) is 4.65. The molecule has 114 valence electrons. The van der Waals surface area contributed by atoms with Crippen LogP contribution in [-0.4, -0.2) is 17.7 Å². The molecule has 0 unspecified atom stereocenters. The van der Waals surface area contributed by atoms with Crippen LogP contribution in [0.1, 0.15) is 41.0 Å². The summed E-state index contributed by atoms with van der Waals surface area (Å²) in [5.41, 5.74) is -0.329. The molecule has 0 saturated heterocycles. The fraction of sp³-hybridized carbons (Fsp3) is 0.800. The molecule has 2 aliphatic carbocycles. The third kappa shape index (κ3) is 2.93. The van der Waals surface area contributed by atoms with E-state index in [1.807, 2.05) is 0 Å². The van der Waals surface area contributed by atoms with Gasteiger partial charge in [0.2, 0.25) is 5.52 Å². The zero-order valence-electron chi connectivity index (χ0n) is 12.9. The summed E-state index contributed by atoms with van der Waals surface area (Å²) >= 11 is 0. The van der Waals surface area contributed by atoms with Crippen molar-refractivity contribution in [2.75, 3.05) is 0 Å². The van der Waals surface area contributed by atoms with E-state index in [2.05, 4.69) is 19.1 Å². The van der Waals surface area contributed by atoms with Crippen molar-refractivity contribution in [3.63, 3.8) is 0 Å². The summed E-state index contributed by atoms with van der Waals surface area (Å²) in [4.78, 5) is 12.8. The molecule has 0 heterocycles. The number of fused-ring (bicyclic) bond motifs is 2. The lowest BCUT2D eigenvalue weighted by Crippen LogP contribution is -2.28. The van der Waals surface area contributed by atoms with Crippen molar-refractivity contribution < 1.29 is 18.4 Å². The van der Waals surface area contributed by atoms with E-state index in [1.165, 1.54) is 0 Å². The van der Waals surface area contributed by atoms with E-state index in [4.69, 9.17) is 9.05 Å².